The number of nitrogens with one attached hydrogen (secondary N) is 2. The number of anilines is 1. The molecule has 2 amide bonds. The number of carbonyl (C=O) groups is 2. The summed E-state index contributed by atoms with van der Waals surface area (Å²) in [5.74, 6) is -0.281. The number of carbonyl (C=O) groups excluding carboxylic acids is 2. The van der Waals surface area contributed by atoms with Crippen LogP contribution < -0.4 is 10.6 Å². The lowest BCUT2D eigenvalue weighted by molar-refractivity contribution is -0.117. The molecule has 0 spiro atoms. The maximum Gasteiger partial charge on any atom is 0.251 e. The third-order valence-corrected chi connectivity index (χ3v) is 4.04. The van der Waals surface area contributed by atoms with Crippen molar-refractivity contribution in [2.75, 3.05) is 5.32 Å². The predicted octanol–water partition coefficient (Wildman–Crippen LogP) is 3.41. The highest BCUT2D eigenvalue weighted by molar-refractivity contribution is 5.96. The van der Waals surface area contributed by atoms with Crippen LogP contribution in [0.4, 0.5) is 10.1 Å². The van der Waals surface area contributed by atoms with Gasteiger partial charge < -0.3 is 10.6 Å². The van der Waals surface area contributed by atoms with Gasteiger partial charge in [0.1, 0.15) is 5.82 Å². The van der Waals surface area contributed by atoms with Gasteiger partial charge in [-0.2, -0.15) is 0 Å². The van der Waals surface area contributed by atoms with Crippen molar-refractivity contribution >= 4 is 17.5 Å². The van der Waals surface area contributed by atoms with E-state index in [0.717, 1.165) is 18.4 Å². The van der Waals surface area contributed by atoms with Gasteiger partial charge in [0.15, 0.2) is 0 Å². The largest absolute Gasteiger partial charge is 0.348 e. The molecule has 0 radical (unpaired) electrons. The number of amides is 2. The van der Waals surface area contributed by atoms with E-state index in [2.05, 4.69) is 10.6 Å². The molecule has 1 aliphatic carbocycles. The summed E-state index contributed by atoms with van der Waals surface area (Å²) in [6, 6.07) is 11.6. The van der Waals surface area contributed by atoms with Crippen LogP contribution in [0.25, 0.3) is 0 Å². The van der Waals surface area contributed by atoms with Gasteiger partial charge in [0, 0.05) is 23.7 Å². The lowest BCUT2D eigenvalue weighted by Crippen LogP contribution is -2.23. The van der Waals surface area contributed by atoms with Crippen LogP contribution in [-0.4, -0.2) is 11.8 Å². The number of halogens is 1. The van der Waals surface area contributed by atoms with Crippen LogP contribution in [0.5, 0.6) is 0 Å². The summed E-state index contributed by atoms with van der Waals surface area (Å²) in [6.07, 6.45) is 1.91. The summed E-state index contributed by atoms with van der Waals surface area (Å²) < 4.78 is 13.2. The monoisotopic (exact) mass is 326 g/mol. The van der Waals surface area contributed by atoms with E-state index in [9.17, 15) is 14.0 Å². The van der Waals surface area contributed by atoms with Crippen molar-refractivity contribution in [3.63, 3.8) is 0 Å². The molecule has 2 N–H and O–H groups in total. The molecule has 1 fully saturated rings. The molecule has 0 bridgehead atoms. The Hall–Kier alpha value is -2.69. The molecule has 5 heteroatoms. The van der Waals surface area contributed by atoms with Gasteiger partial charge in [-0.3, -0.25) is 9.59 Å². The molecule has 1 aliphatic rings. The molecular formula is C19H19FN2O2. The quantitative estimate of drug-likeness (QED) is 0.884. The van der Waals surface area contributed by atoms with Gasteiger partial charge in [0.25, 0.3) is 5.91 Å². The predicted molar refractivity (Wildman–Crippen MR) is 90.1 cm³/mol. The second-order valence-corrected chi connectivity index (χ2v) is 6.11. The first kappa shape index (κ1) is 16.2. The third-order valence-electron chi connectivity index (χ3n) is 4.04. The maximum absolute atomic E-state index is 13.2. The van der Waals surface area contributed by atoms with Crippen LogP contribution in [0.2, 0.25) is 0 Å². The lowest BCUT2D eigenvalue weighted by Gasteiger charge is -2.08. The van der Waals surface area contributed by atoms with Crippen molar-refractivity contribution in [3.05, 3.63) is 65.0 Å². The first-order valence-electron chi connectivity index (χ1n) is 7.97. The molecule has 2 aromatic carbocycles. The maximum atomic E-state index is 13.2. The fraction of sp³-hybridized carbons (Fsp3) is 0.263. The van der Waals surface area contributed by atoms with Gasteiger partial charge in [0.05, 0.1) is 0 Å². The number of aryl methyl sites for hydroxylation is 1. The van der Waals surface area contributed by atoms with E-state index >= 15 is 0 Å². The highest BCUT2D eigenvalue weighted by atomic mass is 19.1. The second-order valence-electron chi connectivity index (χ2n) is 6.11. The Morgan fingerprint density at radius 1 is 1.12 bits per heavy atom. The lowest BCUT2D eigenvalue weighted by atomic mass is 10.1. The molecule has 124 valence electrons. The van der Waals surface area contributed by atoms with E-state index in [1.165, 1.54) is 6.07 Å². The van der Waals surface area contributed by atoms with Crippen LogP contribution in [0, 0.1) is 18.7 Å². The fourth-order valence-corrected chi connectivity index (χ4v) is 2.40. The summed E-state index contributed by atoms with van der Waals surface area (Å²) in [7, 11) is 0. The zero-order chi connectivity index (χ0) is 17.1. The second kappa shape index (κ2) is 6.83. The molecule has 0 unspecified atom stereocenters. The van der Waals surface area contributed by atoms with Crippen molar-refractivity contribution < 1.29 is 14.0 Å². The Bertz CT molecular complexity index is 767. The van der Waals surface area contributed by atoms with E-state index in [0.29, 0.717) is 23.4 Å². The molecule has 24 heavy (non-hydrogen) atoms. The summed E-state index contributed by atoms with van der Waals surface area (Å²) in [5.41, 5.74) is 2.60. The summed E-state index contributed by atoms with van der Waals surface area (Å²) in [6.45, 7) is 2.02. The Labute approximate surface area is 140 Å². The van der Waals surface area contributed by atoms with Crippen molar-refractivity contribution in [1.29, 1.82) is 0 Å². The molecule has 2 aromatic rings. The molecule has 4 nitrogen and oxygen atoms in total. The van der Waals surface area contributed by atoms with E-state index in [-0.39, 0.29) is 23.5 Å². The molecule has 1 saturated carbocycles. The Morgan fingerprint density at radius 2 is 1.83 bits per heavy atom. The number of hydrogen-bond donors (Lipinski definition) is 2. The van der Waals surface area contributed by atoms with Gasteiger partial charge >= 0.3 is 0 Å². The molecule has 0 aliphatic heterocycles. The minimum atomic E-state index is -0.256. The van der Waals surface area contributed by atoms with Crippen LogP contribution in [-0.2, 0) is 11.3 Å². The number of rotatable bonds is 5. The normalized spacial score (nSPS) is 13.4. The van der Waals surface area contributed by atoms with Gasteiger partial charge in [-0.05, 0) is 61.2 Å². The molecule has 0 aromatic heterocycles. The van der Waals surface area contributed by atoms with E-state index in [4.69, 9.17) is 0 Å². The molecule has 0 saturated heterocycles. The molecule has 0 atom stereocenters. The van der Waals surface area contributed by atoms with Gasteiger partial charge in [-0.25, -0.2) is 4.39 Å². The van der Waals surface area contributed by atoms with Crippen molar-refractivity contribution in [3.8, 4) is 0 Å². The summed E-state index contributed by atoms with van der Waals surface area (Å²) in [4.78, 5) is 23.8. The molecule has 0 heterocycles. The number of benzene rings is 2. The average molecular weight is 326 g/mol. The topological polar surface area (TPSA) is 58.2 Å². The Morgan fingerprint density at radius 3 is 2.46 bits per heavy atom. The van der Waals surface area contributed by atoms with Crippen molar-refractivity contribution in [2.24, 2.45) is 5.92 Å². The highest BCUT2D eigenvalue weighted by Gasteiger charge is 2.29. The molecular weight excluding hydrogens is 307 g/mol. The zero-order valence-corrected chi connectivity index (χ0v) is 13.4. The smallest absolute Gasteiger partial charge is 0.251 e. The summed E-state index contributed by atoms with van der Waals surface area (Å²) in [5, 5.41) is 5.63. The first-order valence-corrected chi connectivity index (χ1v) is 7.97. The van der Waals surface area contributed by atoms with Gasteiger partial charge in [-0.15, -0.1) is 0 Å². The van der Waals surface area contributed by atoms with Crippen LogP contribution in [0.1, 0.15) is 34.3 Å². The standard InChI is InChI=1S/C19H19FN2O2/c1-12-10-13(2-9-17(12)20)11-21-18(23)14-5-7-16(8-6-14)22-19(24)15-3-4-15/h2,5-10,15H,3-4,11H2,1H3,(H,21,23)(H,22,24). The van der Waals surface area contributed by atoms with Crippen LogP contribution >= 0.6 is 0 Å². The van der Waals surface area contributed by atoms with Crippen molar-refractivity contribution in [1.82, 2.24) is 5.32 Å². The van der Waals surface area contributed by atoms with Crippen LogP contribution in [0.3, 0.4) is 0 Å². The SMILES string of the molecule is Cc1cc(CNC(=O)c2ccc(NC(=O)C3CC3)cc2)ccc1F. The van der Waals surface area contributed by atoms with Crippen LogP contribution in [0.15, 0.2) is 42.5 Å². The van der Waals surface area contributed by atoms with E-state index in [1.807, 2.05) is 0 Å². The average Bonchev–Trinajstić information content (AvgIpc) is 3.41. The zero-order valence-electron chi connectivity index (χ0n) is 13.4. The minimum absolute atomic E-state index is 0.0406. The Kier molecular flexibility index (Phi) is 4.60. The van der Waals surface area contributed by atoms with E-state index < -0.39 is 0 Å². The fourth-order valence-electron chi connectivity index (χ4n) is 2.40. The molecule has 3 rings (SSSR count). The first-order chi connectivity index (χ1) is 11.5. The third kappa shape index (κ3) is 3.98. The minimum Gasteiger partial charge on any atom is -0.348 e. The van der Waals surface area contributed by atoms with Gasteiger partial charge in [0.2, 0.25) is 5.91 Å². The van der Waals surface area contributed by atoms with Gasteiger partial charge in [-0.1, -0.05) is 12.1 Å². The van der Waals surface area contributed by atoms with Crippen molar-refractivity contribution in [2.45, 2.75) is 26.3 Å². The summed E-state index contributed by atoms with van der Waals surface area (Å²) >= 11 is 0. The highest BCUT2D eigenvalue weighted by Crippen LogP contribution is 2.30. The Balaban J connectivity index is 1.56. The number of hydrogen-bond acceptors (Lipinski definition) is 2. The van der Waals surface area contributed by atoms with E-state index in [1.54, 1.807) is 43.3 Å².